The van der Waals surface area contributed by atoms with Gasteiger partial charge in [-0.15, -0.1) is 0 Å². The molecule has 1 fully saturated rings. The van der Waals surface area contributed by atoms with E-state index in [1.165, 1.54) is 16.8 Å². The zero-order valence-electron chi connectivity index (χ0n) is 15.2. The summed E-state index contributed by atoms with van der Waals surface area (Å²) in [5.41, 5.74) is 5.84. The van der Waals surface area contributed by atoms with Crippen molar-refractivity contribution in [2.24, 2.45) is 7.05 Å². The first kappa shape index (κ1) is 16.8. The van der Waals surface area contributed by atoms with Crippen molar-refractivity contribution in [2.45, 2.75) is 25.9 Å². The van der Waals surface area contributed by atoms with E-state index in [1.54, 1.807) is 0 Å². The minimum atomic E-state index is -0.00101. The van der Waals surface area contributed by atoms with Crippen LogP contribution in [-0.2, 0) is 7.05 Å². The predicted octanol–water partition coefficient (Wildman–Crippen LogP) is 4.21. The van der Waals surface area contributed by atoms with E-state index in [-0.39, 0.29) is 12.1 Å². The van der Waals surface area contributed by atoms with E-state index in [0.717, 1.165) is 16.5 Å². The van der Waals surface area contributed by atoms with Crippen LogP contribution in [0, 0.1) is 13.8 Å². The molecule has 0 radical (unpaired) electrons. The summed E-state index contributed by atoms with van der Waals surface area (Å²) >= 11 is 5.75. The van der Waals surface area contributed by atoms with E-state index in [1.807, 2.05) is 18.3 Å². The van der Waals surface area contributed by atoms with Crippen LogP contribution in [0.25, 0.3) is 0 Å². The van der Waals surface area contributed by atoms with Crippen molar-refractivity contribution in [3.63, 3.8) is 0 Å². The van der Waals surface area contributed by atoms with E-state index in [0.29, 0.717) is 0 Å². The maximum atomic E-state index is 5.75. The van der Waals surface area contributed by atoms with Gasteiger partial charge in [0.05, 0.1) is 11.7 Å². The molecule has 0 aliphatic carbocycles. The quantitative estimate of drug-likeness (QED) is 0.708. The third-order valence-electron chi connectivity index (χ3n) is 5.15. The Balaban J connectivity index is 1.85. The molecule has 2 atom stereocenters. The lowest BCUT2D eigenvalue weighted by Gasteiger charge is -2.28. The molecule has 4 nitrogen and oxygen atoms in total. The Bertz CT molecular complexity index is 948. The van der Waals surface area contributed by atoms with Crippen molar-refractivity contribution in [2.75, 3.05) is 4.90 Å². The molecule has 3 heterocycles. The average Bonchev–Trinajstić information content (AvgIpc) is 3.21. The van der Waals surface area contributed by atoms with Gasteiger partial charge in [0, 0.05) is 30.8 Å². The van der Waals surface area contributed by atoms with Crippen molar-refractivity contribution in [1.29, 1.82) is 0 Å². The Morgan fingerprint density at radius 2 is 1.88 bits per heavy atom. The standard InChI is InChI=1S/C21H22N4S/c1-14-9-10-16(13-15(14)2)25-20(18-8-6-12-24(18)3)19(23-21(25)26)17-7-4-5-11-22-17/h4-13,19-20H,1-3H3,(H,23,26)/t19-,20-/m1/s1. The molecule has 1 aliphatic rings. The van der Waals surface area contributed by atoms with E-state index >= 15 is 0 Å². The number of nitrogens with one attached hydrogen (secondary N) is 1. The molecular weight excluding hydrogens is 340 g/mol. The first-order chi connectivity index (χ1) is 12.6. The summed E-state index contributed by atoms with van der Waals surface area (Å²) in [6.07, 6.45) is 3.91. The summed E-state index contributed by atoms with van der Waals surface area (Å²) in [7, 11) is 2.07. The fraction of sp³-hybridized carbons (Fsp3) is 0.238. The topological polar surface area (TPSA) is 33.1 Å². The van der Waals surface area contributed by atoms with Gasteiger partial charge in [-0.2, -0.15) is 0 Å². The number of hydrogen-bond donors (Lipinski definition) is 1. The van der Waals surface area contributed by atoms with E-state index in [9.17, 15) is 0 Å². The van der Waals surface area contributed by atoms with Crippen LogP contribution >= 0.6 is 12.2 Å². The molecule has 0 saturated carbocycles. The normalized spacial score (nSPS) is 19.7. The lowest BCUT2D eigenvalue weighted by Crippen LogP contribution is -2.30. The van der Waals surface area contributed by atoms with Gasteiger partial charge < -0.3 is 14.8 Å². The summed E-state index contributed by atoms with van der Waals surface area (Å²) in [6.45, 7) is 4.27. The third-order valence-corrected chi connectivity index (χ3v) is 5.47. The minimum Gasteiger partial charge on any atom is -0.353 e. The van der Waals surface area contributed by atoms with Crippen LogP contribution in [0.4, 0.5) is 5.69 Å². The van der Waals surface area contributed by atoms with Gasteiger partial charge in [0.25, 0.3) is 0 Å². The molecule has 3 aromatic rings. The second kappa shape index (κ2) is 6.57. The van der Waals surface area contributed by atoms with Gasteiger partial charge in [-0.25, -0.2) is 0 Å². The molecule has 0 bridgehead atoms. The number of rotatable bonds is 3. The summed E-state index contributed by atoms with van der Waals surface area (Å²) < 4.78 is 2.16. The Labute approximate surface area is 159 Å². The highest BCUT2D eigenvalue weighted by Crippen LogP contribution is 2.41. The molecule has 2 aromatic heterocycles. The van der Waals surface area contributed by atoms with Crippen LogP contribution in [-0.4, -0.2) is 14.7 Å². The number of hydrogen-bond acceptors (Lipinski definition) is 2. The van der Waals surface area contributed by atoms with Crippen molar-refractivity contribution >= 4 is 23.0 Å². The van der Waals surface area contributed by atoms with Gasteiger partial charge in [0.15, 0.2) is 5.11 Å². The lowest BCUT2D eigenvalue weighted by atomic mass is 10.0. The second-order valence-electron chi connectivity index (χ2n) is 6.81. The van der Waals surface area contributed by atoms with E-state index in [4.69, 9.17) is 12.2 Å². The van der Waals surface area contributed by atoms with Crippen LogP contribution in [0.2, 0.25) is 0 Å². The summed E-state index contributed by atoms with van der Waals surface area (Å²) in [5.74, 6) is 0. The highest BCUT2D eigenvalue weighted by Gasteiger charge is 2.41. The summed E-state index contributed by atoms with van der Waals surface area (Å²) in [5, 5.41) is 4.23. The maximum absolute atomic E-state index is 5.75. The molecule has 1 saturated heterocycles. The second-order valence-corrected chi connectivity index (χ2v) is 7.20. The molecule has 0 spiro atoms. The van der Waals surface area contributed by atoms with Crippen LogP contribution < -0.4 is 10.2 Å². The highest BCUT2D eigenvalue weighted by atomic mass is 32.1. The fourth-order valence-corrected chi connectivity index (χ4v) is 3.94. The molecule has 4 rings (SSSR count). The van der Waals surface area contributed by atoms with Gasteiger partial charge in [0.2, 0.25) is 0 Å². The molecule has 0 amide bonds. The van der Waals surface area contributed by atoms with Crippen molar-refractivity contribution in [3.8, 4) is 0 Å². The maximum Gasteiger partial charge on any atom is 0.174 e. The number of benzene rings is 1. The minimum absolute atomic E-state index is 0.00101. The van der Waals surface area contributed by atoms with Gasteiger partial charge in [0.1, 0.15) is 6.04 Å². The SMILES string of the molecule is Cc1ccc(N2C(=S)N[C@H](c3ccccn3)[C@H]2c2cccn2C)cc1C. The molecule has 5 heteroatoms. The first-order valence-electron chi connectivity index (χ1n) is 8.75. The number of aryl methyl sites for hydroxylation is 3. The molecule has 1 aromatic carbocycles. The molecular formula is C21H22N4S. The monoisotopic (exact) mass is 362 g/mol. The first-order valence-corrected chi connectivity index (χ1v) is 9.16. The number of pyridine rings is 1. The van der Waals surface area contributed by atoms with Crippen LogP contribution in [0.1, 0.15) is 34.6 Å². The van der Waals surface area contributed by atoms with Gasteiger partial charge in [-0.05, 0) is 73.6 Å². The number of thiocarbonyl (C=S) groups is 1. The molecule has 132 valence electrons. The summed E-state index contributed by atoms with van der Waals surface area (Å²) in [4.78, 5) is 6.81. The number of nitrogens with zero attached hydrogens (tertiary/aromatic N) is 3. The molecule has 1 aliphatic heterocycles. The zero-order valence-corrected chi connectivity index (χ0v) is 16.0. The Kier molecular flexibility index (Phi) is 4.24. The summed E-state index contributed by atoms with van der Waals surface area (Å²) in [6, 6.07) is 16.8. The number of aromatic nitrogens is 2. The highest BCUT2D eigenvalue weighted by molar-refractivity contribution is 7.80. The molecule has 1 N–H and O–H groups in total. The van der Waals surface area contributed by atoms with Gasteiger partial charge >= 0.3 is 0 Å². The van der Waals surface area contributed by atoms with Crippen LogP contribution in [0.3, 0.4) is 0 Å². The predicted molar refractivity (Wildman–Crippen MR) is 109 cm³/mol. The van der Waals surface area contributed by atoms with Gasteiger partial charge in [-0.3, -0.25) is 4.98 Å². The Morgan fingerprint density at radius 1 is 1.04 bits per heavy atom. The van der Waals surface area contributed by atoms with Crippen molar-refractivity contribution in [3.05, 3.63) is 83.4 Å². The van der Waals surface area contributed by atoms with Crippen molar-refractivity contribution < 1.29 is 0 Å². The largest absolute Gasteiger partial charge is 0.353 e. The molecule has 26 heavy (non-hydrogen) atoms. The number of anilines is 1. The Morgan fingerprint density at radius 3 is 2.54 bits per heavy atom. The van der Waals surface area contributed by atoms with Crippen LogP contribution in [0.5, 0.6) is 0 Å². The third kappa shape index (κ3) is 2.78. The molecule has 0 unspecified atom stereocenters. The van der Waals surface area contributed by atoms with E-state index in [2.05, 4.69) is 83.3 Å². The zero-order chi connectivity index (χ0) is 18.3. The Hall–Kier alpha value is -2.66. The van der Waals surface area contributed by atoms with E-state index < -0.39 is 0 Å². The van der Waals surface area contributed by atoms with Crippen LogP contribution in [0.15, 0.2) is 60.9 Å². The average molecular weight is 363 g/mol. The smallest absolute Gasteiger partial charge is 0.174 e. The van der Waals surface area contributed by atoms with Gasteiger partial charge in [-0.1, -0.05) is 12.1 Å². The van der Waals surface area contributed by atoms with Crippen molar-refractivity contribution in [1.82, 2.24) is 14.9 Å². The fourth-order valence-electron chi connectivity index (χ4n) is 3.59. The lowest BCUT2D eigenvalue weighted by molar-refractivity contribution is 0.541.